The molecule has 1 heterocycles. The quantitative estimate of drug-likeness (QED) is 0.596. The summed E-state index contributed by atoms with van der Waals surface area (Å²) in [6, 6.07) is 6.41. The first kappa shape index (κ1) is 9.73. The molecule has 0 aliphatic heterocycles. The van der Waals surface area contributed by atoms with Crippen molar-refractivity contribution in [2.75, 3.05) is 7.11 Å². The lowest BCUT2D eigenvalue weighted by Crippen LogP contribution is -2.00. The van der Waals surface area contributed by atoms with Gasteiger partial charge in [-0.3, -0.25) is 0 Å². The first-order valence-corrected chi connectivity index (χ1v) is 4.46. The van der Waals surface area contributed by atoms with E-state index in [-0.39, 0.29) is 6.61 Å². The first-order chi connectivity index (χ1) is 7.24. The maximum absolute atomic E-state index is 11.1. The van der Waals surface area contributed by atoms with Crippen LogP contribution in [-0.4, -0.2) is 12.2 Å². The first-order valence-electron chi connectivity index (χ1n) is 4.46. The molecule has 1 aromatic heterocycles. The van der Waals surface area contributed by atoms with Crippen molar-refractivity contribution in [1.29, 1.82) is 0 Å². The third-order valence-electron chi connectivity index (χ3n) is 2.21. The molecule has 0 radical (unpaired) electrons. The molecular formula is C11H10O4. The van der Waals surface area contributed by atoms with Crippen LogP contribution < -0.4 is 10.4 Å². The van der Waals surface area contributed by atoms with Gasteiger partial charge in [0.05, 0.1) is 13.7 Å². The Balaban J connectivity index is 2.78. The van der Waals surface area contributed by atoms with Crippen molar-refractivity contribution in [2.45, 2.75) is 6.61 Å². The van der Waals surface area contributed by atoms with Crippen LogP contribution in [0.25, 0.3) is 11.0 Å². The van der Waals surface area contributed by atoms with Gasteiger partial charge in [-0.2, -0.15) is 0 Å². The van der Waals surface area contributed by atoms with Crippen LogP contribution in [-0.2, 0) is 6.61 Å². The van der Waals surface area contributed by atoms with Crippen LogP contribution in [0.1, 0.15) is 5.56 Å². The number of ether oxygens (including phenoxy) is 1. The number of aliphatic hydroxyl groups excluding tert-OH is 1. The number of methoxy groups -OCH3 is 1. The van der Waals surface area contributed by atoms with E-state index in [1.807, 2.05) is 0 Å². The second-order valence-electron chi connectivity index (χ2n) is 3.11. The van der Waals surface area contributed by atoms with E-state index in [2.05, 4.69) is 0 Å². The molecule has 4 heteroatoms. The molecule has 15 heavy (non-hydrogen) atoms. The van der Waals surface area contributed by atoms with E-state index in [1.54, 1.807) is 18.2 Å². The van der Waals surface area contributed by atoms with E-state index < -0.39 is 5.63 Å². The molecule has 0 spiro atoms. The van der Waals surface area contributed by atoms with E-state index >= 15 is 0 Å². The molecule has 0 unspecified atom stereocenters. The number of hydrogen-bond donors (Lipinski definition) is 1. The zero-order valence-corrected chi connectivity index (χ0v) is 8.19. The Hall–Kier alpha value is -1.81. The van der Waals surface area contributed by atoms with Crippen LogP contribution in [0.15, 0.2) is 33.5 Å². The van der Waals surface area contributed by atoms with Gasteiger partial charge in [-0.1, -0.05) is 0 Å². The van der Waals surface area contributed by atoms with Gasteiger partial charge in [0, 0.05) is 17.5 Å². The molecule has 0 bridgehead atoms. The summed E-state index contributed by atoms with van der Waals surface area (Å²) in [6.45, 7) is -0.186. The molecular weight excluding hydrogens is 198 g/mol. The zero-order chi connectivity index (χ0) is 10.8. The molecule has 0 atom stereocenters. The highest BCUT2D eigenvalue weighted by atomic mass is 18.2. The average molecular weight is 208 g/mol. The summed E-state index contributed by atoms with van der Waals surface area (Å²) in [6.07, 6.45) is 0. The SMILES string of the molecule is COc1ccc2c(C[18OH])cc(=O)oc2c1. The van der Waals surface area contributed by atoms with Gasteiger partial charge < -0.3 is 14.3 Å². The zero-order valence-electron chi connectivity index (χ0n) is 8.19. The van der Waals surface area contributed by atoms with Crippen LogP contribution in [0, 0.1) is 0 Å². The van der Waals surface area contributed by atoms with Gasteiger partial charge in [0.1, 0.15) is 11.3 Å². The maximum Gasteiger partial charge on any atom is 0.336 e. The van der Waals surface area contributed by atoms with Gasteiger partial charge in [0.25, 0.3) is 0 Å². The smallest absolute Gasteiger partial charge is 0.336 e. The molecule has 0 saturated carbocycles. The summed E-state index contributed by atoms with van der Waals surface area (Å²) < 4.78 is 10.0. The summed E-state index contributed by atoms with van der Waals surface area (Å²) in [5, 5.41) is 9.80. The number of fused-ring (bicyclic) bond motifs is 1. The molecule has 2 aromatic rings. The van der Waals surface area contributed by atoms with Gasteiger partial charge >= 0.3 is 5.63 Å². The summed E-state index contributed by atoms with van der Waals surface area (Å²) in [7, 11) is 1.54. The van der Waals surface area contributed by atoms with Crippen molar-refractivity contribution >= 4 is 11.0 Å². The van der Waals surface area contributed by atoms with E-state index in [1.165, 1.54) is 13.2 Å². The molecule has 0 saturated heterocycles. The van der Waals surface area contributed by atoms with Crippen LogP contribution in [0.3, 0.4) is 0 Å². The summed E-state index contributed by atoms with van der Waals surface area (Å²) >= 11 is 0. The Kier molecular flexibility index (Phi) is 2.43. The van der Waals surface area contributed by atoms with Gasteiger partial charge in [-0.25, -0.2) is 4.79 Å². The van der Waals surface area contributed by atoms with Gasteiger partial charge in [-0.05, 0) is 17.7 Å². The van der Waals surface area contributed by atoms with Crippen molar-refractivity contribution in [1.82, 2.24) is 0 Å². The van der Waals surface area contributed by atoms with E-state index in [0.29, 0.717) is 16.9 Å². The van der Waals surface area contributed by atoms with Gasteiger partial charge in [-0.15, -0.1) is 0 Å². The minimum Gasteiger partial charge on any atom is -0.497 e. The van der Waals surface area contributed by atoms with Crippen LogP contribution >= 0.6 is 0 Å². The fourth-order valence-electron chi connectivity index (χ4n) is 1.47. The molecule has 0 aliphatic carbocycles. The highest BCUT2D eigenvalue weighted by Crippen LogP contribution is 2.22. The Labute approximate surface area is 85.7 Å². The summed E-state index contributed by atoms with van der Waals surface area (Å²) in [5.41, 5.74) is 0.509. The minimum atomic E-state index is -0.472. The monoisotopic (exact) mass is 208 g/mol. The number of aliphatic hydroxyl groups is 1. The third kappa shape index (κ3) is 1.71. The van der Waals surface area contributed by atoms with Gasteiger partial charge in [0.2, 0.25) is 0 Å². The van der Waals surface area contributed by atoms with E-state index in [0.717, 1.165) is 5.39 Å². The lowest BCUT2D eigenvalue weighted by molar-refractivity contribution is 0.282. The molecule has 1 N–H and O–H groups in total. The van der Waals surface area contributed by atoms with Crippen molar-refractivity contribution in [3.05, 3.63) is 40.2 Å². The Morgan fingerprint density at radius 3 is 2.87 bits per heavy atom. The van der Waals surface area contributed by atoms with E-state index in [4.69, 9.17) is 14.3 Å². The van der Waals surface area contributed by atoms with Crippen LogP contribution in [0.2, 0.25) is 0 Å². The predicted molar refractivity (Wildman–Crippen MR) is 55.0 cm³/mol. The molecule has 0 fully saturated rings. The molecule has 1 aromatic carbocycles. The van der Waals surface area contributed by atoms with Crippen LogP contribution in [0.4, 0.5) is 0 Å². The Bertz CT molecular complexity index is 542. The highest BCUT2D eigenvalue weighted by molar-refractivity contribution is 5.81. The lowest BCUT2D eigenvalue weighted by atomic mass is 10.1. The number of benzene rings is 1. The van der Waals surface area contributed by atoms with Crippen molar-refractivity contribution < 1.29 is 14.3 Å². The fourth-order valence-corrected chi connectivity index (χ4v) is 1.47. The van der Waals surface area contributed by atoms with Crippen molar-refractivity contribution in [3.63, 3.8) is 0 Å². The second-order valence-corrected chi connectivity index (χ2v) is 3.11. The van der Waals surface area contributed by atoms with Crippen LogP contribution in [0.5, 0.6) is 5.75 Å². The minimum absolute atomic E-state index is 0.186. The van der Waals surface area contributed by atoms with Crippen molar-refractivity contribution in [3.8, 4) is 5.75 Å². The number of hydrogen-bond acceptors (Lipinski definition) is 4. The van der Waals surface area contributed by atoms with Crippen molar-refractivity contribution in [2.24, 2.45) is 0 Å². The maximum atomic E-state index is 11.1. The molecule has 0 aliphatic rings. The summed E-state index contributed by atoms with van der Waals surface area (Å²) in [4.78, 5) is 11.1. The molecule has 2 rings (SSSR count). The Morgan fingerprint density at radius 1 is 1.40 bits per heavy atom. The normalized spacial score (nSPS) is 10.5. The van der Waals surface area contributed by atoms with E-state index in [9.17, 15) is 4.79 Å². The topological polar surface area (TPSA) is 59.7 Å². The Morgan fingerprint density at radius 2 is 2.20 bits per heavy atom. The lowest BCUT2D eigenvalue weighted by Gasteiger charge is -2.04. The third-order valence-corrected chi connectivity index (χ3v) is 2.21. The molecule has 4 nitrogen and oxygen atoms in total. The molecule has 78 valence electrons. The second kappa shape index (κ2) is 3.74. The molecule has 0 amide bonds. The predicted octanol–water partition coefficient (Wildman–Crippen LogP) is 1.29. The average Bonchev–Trinajstić information content (AvgIpc) is 2.26. The standard InChI is InChI=1S/C11H10O4/c1-14-8-2-3-9-7(6-12)4-11(13)15-10(9)5-8/h2-5,12H,6H2,1H3/i12+2. The summed E-state index contributed by atoms with van der Waals surface area (Å²) in [5.74, 6) is 0.612. The highest BCUT2D eigenvalue weighted by Gasteiger charge is 2.05. The van der Waals surface area contributed by atoms with Gasteiger partial charge in [0.15, 0.2) is 0 Å². The largest absolute Gasteiger partial charge is 0.497 e. The number of rotatable bonds is 2. The fraction of sp³-hybridized carbons (Fsp3) is 0.182.